The lowest BCUT2D eigenvalue weighted by Crippen LogP contribution is -2.22. The summed E-state index contributed by atoms with van der Waals surface area (Å²) in [6, 6.07) is 0. The van der Waals surface area contributed by atoms with Crippen LogP contribution < -0.4 is 19.8 Å². The van der Waals surface area contributed by atoms with Gasteiger partial charge in [0, 0.05) is 7.05 Å². The van der Waals surface area contributed by atoms with Gasteiger partial charge in [-0.15, -0.1) is 5.10 Å². The van der Waals surface area contributed by atoms with Crippen LogP contribution in [0.25, 0.3) is 0 Å². The van der Waals surface area contributed by atoms with Crippen molar-refractivity contribution >= 4 is 0 Å². The van der Waals surface area contributed by atoms with Crippen LogP contribution in [0.1, 0.15) is 0 Å². The van der Waals surface area contributed by atoms with Crippen LogP contribution in [-0.2, 0) is 7.05 Å². The van der Waals surface area contributed by atoms with Gasteiger partial charge in [-0.3, -0.25) is 4.79 Å². The molecule has 0 saturated carbocycles. The van der Waals surface area contributed by atoms with Crippen molar-refractivity contribution in [3.8, 4) is 17.4 Å². The van der Waals surface area contributed by atoms with Crippen molar-refractivity contribution in [2.24, 2.45) is 7.05 Å². The molecule has 0 aliphatic rings. The summed E-state index contributed by atoms with van der Waals surface area (Å²) < 4.78 is 15.9. The molecule has 6 nitrogen and oxygen atoms in total. The van der Waals surface area contributed by atoms with E-state index in [4.69, 9.17) is 14.2 Å². The van der Waals surface area contributed by atoms with Gasteiger partial charge < -0.3 is 14.2 Å². The Morgan fingerprint density at radius 3 is 2.07 bits per heavy atom. The third kappa shape index (κ3) is 1.50. The van der Waals surface area contributed by atoms with E-state index in [2.05, 4.69) is 5.10 Å². The number of nitrogens with zero attached hydrogens (tertiary/aromatic N) is 2. The van der Waals surface area contributed by atoms with Crippen LogP contribution in [0.3, 0.4) is 0 Å². The van der Waals surface area contributed by atoms with E-state index in [1.165, 1.54) is 28.4 Å². The van der Waals surface area contributed by atoms with Gasteiger partial charge in [0.2, 0.25) is 11.5 Å². The largest absolute Gasteiger partial charge is 0.488 e. The van der Waals surface area contributed by atoms with Gasteiger partial charge in [-0.1, -0.05) is 0 Å². The fraction of sp³-hybridized carbons (Fsp3) is 0.500. The van der Waals surface area contributed by atoms with Crippen LogP contribution in [0.5, 0.6) is 17.4 Å². The van der Waals surface area contributed by atoms with E-state index in [9.17, 15) is 4.79 Å². The van der Waals surface area contributed by atoms with E-state index in [1.807, 2.05) is 0 Å². The van der Waals surface area contributed by atoms with Crippen LogP contribution in [0.4, 0.5) is 0 Å². The molecule has 0 spiro atoms. The molecule has 0 amide bonds. The smallest absolute Gasteiger partial charge is 0.313 e. The molecule has 0 radical (unpaired) electrons. The van der Waals surface area contributed by atoms with Crippen molar-refractivity contribution in [3.05, 3.63) is 10.4 Å². The average molecular weight is 200 g/mol. The van der Waals surface area contributed by atoms with Crippen LogP contribution in [-0.4, -0.2) is 31.1 Å². The SMILES string of the molecule is COc1nn(C)c(=O)c(OC)c1OC. The van der Waals surface area contributed by atoms with Crippen molar-refractivity contribution < 1.29 is 14.2 Å². The normalized spacial score (nSPS) is 9.71. The third-order valence-corrected chi connectivity index (χ3v) is 1.73. The zero-order valence-corrected chi connectivity index (χ0v) is 8.53. The van der Waals surface area contributed by atoms with Crippen molar-refractivity contribution in [1.82, 2.24) is 9.78 Å². The molecule has 0 fully saturated rings. The molecule has 1 rings (SSSR count). The topological polar surface area (TPSA) is 62.6 Å². The first-order valence-corrected chi connectivity index (χ1v) is 3.89. The Bertz CT molecular complexity index is 386. The summed E-state index contributed by atoms with van der Waals surface area (Å²) in [6.45, 7) is 0. The predicted octanol–water partition coefficient (Wildman–Crippen LogP) is -0.194. The highest BCUT2D eigenvalue weighted by molar-refractivity contribution is 5.44. The molecule has 0 unspecified atom stereocenters. The first-order chi connectivity index (χ1) is 6.65. The highest BCUT2D eigenvalue weighted by Crippen LogP contribution is 2.30. The molecule has 1 aromatic heterocycles. The van der Waals surface area contributed by atoms with Crippen molar-refractivity contribution in [2.45, 2.75) is 0 Å². The molecular formula is C8H12N2O4. The fourth-order valence-electron chi connectivity index (χ4n) is 1.06. The molecule has 0 aliphatic carbocycles. The number of rotatable bonds is 3. The summed E-state index contributed by atoms with van der Waals surface area (Å²) in [4.78, 5) is 11.5. The highest BCUT2D eigenvalue weighted by Gasteiger charge is 2.17. The van der Waals surface area contributed by atoms with E-state index in [0.29, 0.717) is 0 Å². The second-order valence-corrected chi connectivity index (χ2v) is 2.50. The zero-order valence-electron chi connectivity index (χ0n) is 8.53. The quantitative estimate of drug-likeness (QED) is 0.676. The first kappa shape index (κ1) is 10.4. The van der Waals surface area contributed by atoms with Crippen LogP contribution >= 0.6 is 0 Å². The number of hydrogen-bond donors (Lipinski definition) is 0. The molecule has 0 aliphatic heterocycles. The van der Waals surface area contributed by atoms with Crippen molar-refractivity contribution in [2.75, 3.05) is 21.3 Å². The lowest BCUT2D eigenvalue weighted by molar-refractivity contribution is 0.300. The maximum atomic E-state index is 11.5. The molecule has 0 N–H and O–H groups in total. The minimum absolute atomic E-state index is 0.0850. The van der Waals surface area contributed by atoms with Gasteiger partial charge in [-0.2, -0.15) is 0 Å². The molecule has 78 valence electrons. The van der Waals surface area contributed by atoms with E-state index < -0.39 is 0 Å². The number of methoxy groups -OCH3 is 3. The second-order valence-electron chi connectivity index (χ2n) is 2.50. The molecule has 0 saturated heterocycles. The molecule has 0 atom stereocenters. The minimum atomic E-state index is -0.370. The van der Waals surface area contributed by atoms with Crippen LogP contribution in [0, 0.1) is 0 Å². The predicted molar refractivity (Wildman–Crippen MR) is 49.1 cm³/mol. The Labute approximate surface area is 81.0 Å². The Hall–Kier alpha value is -1.72. The Morgan fingerprint density at radius 1 is 1.07 bits per heavy atom. The fourth-order valence-corrected chi connectivity index (χ4v) is 1.06. The molecule has 1 aromatic rings. The van der Waals surface area contributed by atoms with Crippen LogP contribution in [0.15, 0.2) is 4.79 Å². The zero-order chi connectivity index (χ0) is 10.7. The monoisotopic (exact) mass is 200 g/mol. The summed E-state index contributed by atoms with van der Waals surface area (Å²) >= 11 is 0. The summed E-state index contributed by atoms with van der Waals surface area (Å²) in [5, 5.41) is 3.85. The molecular weight excluding hydrogens is 188 g/mol. The van der Waals surface area contributed by atoms with E-state index in [1.54, 1.807) is 0 Å². The molecule has 14 heavy (non-hydrogen) atoms. The highest BCUT2D eigenvalue weighted by atomic mass is 16.5. The molecule has 6 heteroatoms. The maximum Gasteiger partial charge on any atom is 0.313 e. The van der Waals surface area contributed by atoms with Gasteiger partial charge >= 0.3 is 5.56 Å². The Balaban J connectivity index is 3.50. The Kier molecular flexibility index (Phi) is 2.95. The maximum absolute atomic E-state index is 11.5. The van der Waals surface area contributed by atoms with E-state index >= 15 is 0 Å². The molecule has 1 heterocycles. The Morgan fingerprint density at radius 2 is 1.64 bits per heavy atom. The average Bonchev–Trinajstić information content (AvgIpc) is 2.20. The number of aryl methyl sites for hydroxylation is 1. The van der Waals surface area contributed by atoms with Gasteiger partial charge in [0.1, 0.15) is 0 Å². The van der Waals surface area contributed by atoms with Crippen molar-refractivity contribution in [3.63, 3.8) is 0 Å². The minimum Gasteiger partial charge on any atom is -0.488 e. The standard InChI is InChI=1S/C8H12N2O4/c1-10-8(11)6(13-3)5(12-2)7(9-10)14-4/h1-4H3. The molecule has 0 bridgehead atoms. The second kappa shape index (κ2) is 3.99. The lowest BCUT2D eigenvalue weighted by atomic mass is 10.4. The molecule has 0 aromatic carbocycles. The number of hydrogen-bond acceptors (Lipinski definition) is 5. The summed E-state index contributed by atoms with van der Waals surface area (Å²) in [5.74, 6) is 0.506. The summed E-state index contributed by atoms with van der Waals surface area (Å²) in [5.41, 5.74) is -0.370. The van der Waals surface area contributed by atoms with Gasteiger partial charge in [0.15, 0.2) is 0 Å². The van der Waals surface area contributed by atoms with Gasteiger partial charge in [-0.05, 0) is 0 Å². The van der Waals surface area contributed by atoms with Crippen molar-refractivity contribution in [1.29, 1.82) is 0 Å². The number of aromatic nitrogens is 2. The third-order valence-electron chi connectivity index (χ3n) is 1.73. The van der Waals surface area contributed by atoms with Crippen LogP contribution in [0.2, 0.25) is 0 Å². The lowest BCUT2D eigenvalue weighted by Gasteiger charge is -2.10. The van der Waals surface area contributed by atoms with E-state index in [-0.39, 0.29) is 22.9 Å². The van der Waals surface area contributed by atoms with Gasteiger partial charge in [0.05, 0.1) is 21.3 Å². The number of ether oxygens (including phenoxy) is 3. The van der Waals surface area contributed by atoms with Gasteiger partial charge in [-0.25, -0.2) is 4.68 Å². The van der Waals surface area contributed by atoms with Gasteiger partial charge in [0.25, 0.3) is 5.88 Å². The summed E-state index contributed by atoms with van der Waals surface area (Å²) in [6.07, 6.45) is 0. The first-order valence-electron chi connectivity index (χ1n) is 3.89. The summed E-state index contributed by atoms with van der Waals surface area (Å²) in [7, 11) is 5.75. The van der Waals surface area contributed by atoms with E-state index in [0.717, 1.165) is 4.68 Å².